The Balaban J connectivity index is 2.22. The molecule has 0 radical (unpaired) electrons. The third-order valence-corrected chi connectivity index (χ3v) is 2.39. The molecular formula is C14H16N2. The monoisotopic (exact) mass is 212 g/mol. The summed E-state index contributed by atoms with van der Waals surface area (Å²) >= 11 is 0. The summed E-state index contributed by atoms with van der Waals surface area (Å²) in [4.78, 5) is 8.51. The van der Waals surface area contributed by atoms with E-state index in [1.807, 2.05) is 18.3 Å². The Kier molecular flexibility index (Phi) is 3.30. The molecule has 0 saturated heterocycles. The lowest BCUT2D eigenvalue weighted by Crippen LogP contribution is -1.84. The number of hydrogen-bond acceptors (Lipinski definition) is 2. The summed E-state index contributed by atoms with van der Waals surface area (Å²) < 4.78 is 0. The summed E-state index contributed by atoms with van der Waals surface area (Å²) in [6, 6.07) is 6.09. The fourth-order valence-electron chi connectivity index (χ4n) is 1.55. The molecule has 82 valence electrons. The van der Waals surface area contributed by atoms with Crippen LogP contribution < -0.4 is 0 Å². The van der Waals surface area contributed by atoms with Gasteiger partial charge in [0, 0.05) is 17.8 Å². The van der Waals surface area contributed by atoms with Gasteiger partial charge in [-0.2, -0.15) is 0 Å². The van der Waals surface area contributed by atoms with Crippen molar-refractivity contribution in [3.63, 3.8) is 0 Å². The summed E-state index contributed by atoms with van der Waals surface area (Å²) in [6.45, 7) is 4.43. The molecule has 2 aromatic heterocycles. The predicted octanol–water partition coefficient (Wildman–Crippen LogP) is 3.69. The second kappa shape index (κ2) is 4.88. The van der Waals surface area contributed by atoms with Gasteiger partial charge in [0.2, 0.25) is 0 Å². The Morgan fingerprint density at radius 3 is 3.00 bits per heavy atom. The first kappa shape index (κ1) is 10.8. The van der Waals surface area contributed by atoms with Gasteiger partial charge in [0.15, 0.2) is 5.65 Å². The van der Waals surface area contributed by atoms with Crippen molar-refractivity contribution in [1.29, 1.82) is 0 Å². The molecule has 0 aromatic carbocycles. The average molecular weight is 212 g/mol. The van der Waals surface area contributed by atoms with Crippen LogP contribution in [0.25, 0.3) is 17.1 Å². The molecule has 0 N–H and O–H groups in total. The summed E-state index contributed by atoms with van der Waals surface area (Å²) in [5.74, 6) is 0.700. The number of fused-ring (bicyclic) bond motifs is 1. The van der Waals surface area contributed by atoms with Crippen LogP contribution in [0.15, 0.2) is 36.7 Å². The highest BCUT2D eigenvalue weighted by molar-refractivity contribution is 5.76. The van der Waals surface area contributed by atoms with Crippen LogP contribution in [-0.2, 0) is 0 Å². The molecule has 16 heavy (non-hydrogen) atoms. The minimum atomic E-state index is 0.700. The first-order valence-electron chi connectivity index (χ1n) is 5.63. The van der Waals surface area contributed by atoms with Crippen molar-refractivity contribution in [2.75, 3.05) is 0 Å². The average Bonchev–Trinajstić information content (AvgIpc) is 2.28. The van der Waals surface area contributed by atoms with Gasteiger partial charge >= 0.3 is 0 Å². The van der Waals surface area contributed by atoms with Gasteiger partial charge in [0.05, 0.1) is 0 Å². The first-order valence-corrected chi connectivity index (χ1v) is 5.63. The molecule has 0 aliphatic carbocycles. The zero-order valence-corrected chi connectivity index (χ0v) is 9.72. The molecule has 2 aromatic rings. The summed E-state index contributed by atoms with van der Waals surface area (Å²) in [5.41, 5.74) is 1.95. The third kappa shape index (κ3) is 2.66. The number of aromatic nitrogens is 2. The highest BCUT2D eigenvalue weighted by atomic mass is 14.8. The van der Waals surface area contributed by atoms with Crippen LogP contribution in [0, 0.1) is 5.92 Å². The van der Waals surface area contributed by atoms with E-state index in [0.717, 1.165) is 23.0 Å². The van der Waals surface area contributed by atoms with Gasteiger partial charge in [0.1, 0.15) is 0 Å². The van der Waals surface area contributed by atoms with Crippen LogP contribution in [0.4, 0.5) is 0 Å². The smallest absolute Gasteiger partial charge is 0.159 e. The van der Waals surface area contributed by atoms with E-state index in [-0.39, 0.29) is 0 Å². The molecule has 0 unspecified atom stereocenters. The van der Waals surface area contributed by atoms with E-state index in [1.54, 1.807) is 6.20 Å². The highest BCUT2D eigenvalue weighted by Gasteiger charge is 1.95. The van der Waals surface area contributed by atoms with Crippen LogP contribution >= 0.6 is 0 Å². The molecule has 0 amide bonds. The maximum Gasteiger partial charge on any atom is 0.159 e. The molecule has 0 saturated carbocycles. The number of allylic oxidation sites excluding steroid dienone is 1. The molecule has 2 rings (SSSR count). The van der Waals surface area contributed by atoms with Gasteiger partial charge in [-0.25, -0.2) is 9.97 Å². The molecule has 0 bridgehead atoms. The second-order valence-corrected chi connectivity index (χ2v) is 4.35. The molecule has 0 aliphatic heterocycles. The van der Waals surface area contributed by atoms with Gasteiger partial charge in [-0.3, -0.25) is 0 Å². The predicted molar refractivity (Wildman–Crippen MR) is 68.0 cm³/mol. The molecule has 0 spiro atoms. The van der Waals surface area contributed by atoms with Crippen LogP contribution in [-0.4, -0.2) is 9.97 Å². The molecule has 2 heterocycles. The van der Waals surface area contributed by atoms with E-state index in [0.29, 0.717) is 5.92 Å². The van der Waals surface area contributed by atoms with E-state index < -0.39 is 0 Å². The Hall–Kier alpha value is -1.70. The van der Waals surface area contributed by atoms with Crippen LogP contribution in [0.5, 0.6) is 0 Å². The van der Waals surface area contributed by atoms with Gasteiger partial charge < -0.3 is 0 Å². The minimum Gasteiger partial charge on any atom is -0.237 e. The maximum absolute atomic E-state index is 4.32. The molecule has 0 fully saturated rings. The van der Waals surface area contributed by atoms with E-state index in [1.165, 1.54) is 0 Å². The van der Waals surface area contributed by atoms with Gasteiger partial charge in [-0.1, -0.05) is 26.0 Å². The Morgan fingerprint density at radius 2 is 2.19 bits per heavy atom. The molecule has 0 atom stereocenters. The van der Waals surface area contributed by atoms with E-state index in [2.05, 4.69) is 42.0 Å². The zero-order chi connectivity index (χ0) is 11.4. The van der Waals surface area contributed by atoms with E-state index in [9.17, 15) is 0 Å². The SMILES string of the molecule is CC(C)C/C=C/c1cnc2ncccc2c1. The number of hydrogen-bond donors (Lipinski definition) is 0. The number of pyridine rings is 2. The normalized spacial score (nSPS) is 11.7. The fraction of sp³-hybridized carbons (Fsp3) is 0.286. The Labute approximate surface area is 96.1 Å². The van der Waals surface area contributed by atoms with E-state index in [4.69, 9.17) is 0 Å². The summed E-state index contributed by atoms with van der Waals surface area (Å²) in [5, 5.41) is 1.09. The lowest BCUT2D eigenvalue weighted by Gasteiger charge is -1.99. The van der Waals surface area contributed by atoms with Crippen molar-refractivity contribution >= 4 is 17.1 Å². The van der Waals surface area contributed by atoms with Crippen LogP contribution in [0.3, 0.4) is 0 Å². The maximum atomic E-state index is 4.32. The first-order chi connectivity index (χ1) is 7.75. The lowest BCUT2D eigenvalue weighted by molar-refractivity contribution is 0.665. The van der Waals surface area contributed by atoms with E-state index >= 15 is 0 Å². The standard InChI is InChI=1S/C14H16N2/c1-11(2)5-3-6-12-9-13-7-4-8-15-14(13)16-10-12/h3-4,6-11H,5H2,1-2H3/b6-3+. The van der Waals surface area contributed by atoms with Crippen molar-refractivity contribution in [2.45, 2.75) is 20.3 Å². The van der Waals surface area contributed by atoms with Crippen molar-refractivity contribution in [2.24, 2.45) is 5.92 Å². The van der Waals surface area contributed by atoms with Gasteiger partial charge in [0.25, 0.3) is 0 Å². The topological polar surface area (TPSA) is 25.8 Å². The van der Waals surface area contributed by atoms with Crippen molar-refractivity contribution in [3.8, 4) is 0 Å². The third-order valence-electron chi connectivity index (χ3n) is 2.39. The largest absolute Gasteiger partial charge is 0.237 e. The zero-order valence-electron chi connectivity index (χ0n) is 9.72. The van der Waals surface area contributed by atoms with Crippen molar-refractivity contribution in [3.05, 3.63) is 42.2 Å². The molecular weight excluding hydrogens is 196 g/mol. The van der Waals surface area contributed by atoms with Gasteiger partial charge in [-0.05, 0) is 36.1 Å². The van der Waals surface area contributed by atoms with Crippen molar-refractivity contribution < 1.29 is 0 Å². The number of rotatable bonds is 3. The highest BCUT2D eigenvalue weighted by Crippen LogP contribution is 2.12. The minimum absolute atomic E-state index is 0.700. The second-order valence-electron chi connectivity index (χ2n) is 4.35. The number of nitrogens with zero attached hydrogens (tertiary/aromatic N) is 2. The summed E-state index contributed by atoms with van der Waals surface area (Å²) in [6.07, 6.45) is 9.06. The Bertz CT molecular complexity index is 501. The van der Waals surface area contributed by atoms with Crippen LogP contribution in [0.1, 0.15) is 25.8 Å². The van der Waals surface area contributed by atoms with Gasteiger partial charge in [-0.15, -0.1) is 0 Å². The molecule has 2 heteroatoms. The summed E-state index contributed by atoms with van der Waals surface area (Å²) in [7, 11) is 0. The molecule has 2 nitrogen and oxygen atoms in total. The molecule has 0 aliphatic rings. The van der Waals surface area contributed by atoms with Crippen molar-refractivity contribution in [1.82, 2.24) is 9.97 Å². The lowest BCUT2D eigenvalue weighted by atomic mass is 10.1. The quantitative estimate of drug-likeness (QED) is 0.775. The Morgan fingerprint density at radius 1 is 1.31 bits per heavy atom. The fourth-order valence-corrected chi connectivity index (χ4v) is 1.55. The van der Waals surface area contributed by atoms with Crippen LogP contribution in [0.2, 0.25) is 0 Å².